The summed E-state index contributed by atoms with van der Waals surface area (Å²) in [5, 5.41) is 8.60. The van der Waals surface area contributed by atoms with Gasteiger partial charge in [-0.25, -0.2) is 18.4 Å². The second-order valence-electron chi connectivity index (χ2n) is 15.4. The largest absolute Gasteiger partial charge is 0.365 e. The number of piperazine rings is 2. The Bertz CT molecular complexity index is 2230. The van der Waals surface area contributed by atoms with Crippen molar-refractivity contribution >= 4 is 45.2 Å². The first-order valence-electron chi connectivity index (χ1n) is 19.8. The number of aromatic nitrogens is 4. The molecule has 2 aliphatic rings. The molecule has 58 heavy (non-hydrogen) atoms. The summed E-state index contributed by atoms with van der Waals surface area (Å²) < 4.78 is 32.3. The fourth-order valence-corrected chi connectivity index (χ4v) is 8.37. The van der Waals surface area contributed by atoms with Crippen molar-refractivity contribution in [2.75, 3.05) is 49.1 Å². The number of nitrogens with zero attached hydrogens (tertiary/aromatic N) is 8. The number of hydrogen-bond donors (Lipinski definition) is 2. The lowest BCUT2D eigenvalue weighted by Gasteiger charge is -2.41. The van der Waals surface area contributed by atoms with Crippen molar-refractivity contribution in [1.82, 2.24) is 39.5 Å². The van der Waals surface area contributed by atoms with E-state index in [9.17, 15) is 18.4 Å². The molecule has 4 aromatic heterocycles. The zero-order valence-electron chi connectivity index (χ0n) is 33.9. The van der Waals surface area contributed by atoms with E-state index in [1.54, 1.807) is 24.5 Å². The third-order valence-electron chi connectivity index (χ3n) is 11.4. The number of anilines is 2. The number of para-hydroxylation sites is 2. The van der Waals surface area contributed by atoms with Gasteiger partial charge in [-0.3, -0.25) is 9.97 Å². The minimum atomic E-state index is -0.332. The topological polar surface area (TPSA) is 107 Å². The van der Waals surface area contributed by atoms with Crippen LogP contribution in [0.5, 0.6) is 0 Å². The number of amides is 4. The Morgan fingerprint density at radius 3 is 1.43 bits per heavy atom. The first-order valence-corrected chi connectivity index (χ1v) is 19.8. The predicted molar refractivity (Wildman–Crippen MR) is 225 cm³/mol. The molecule has 0 unspecified atom stereocenters. The van der Waals surface area contributed by atoms with Gasteiger partial charge >= 0.3 is 12.1 Å². The van der Waals surface area contributed by atoms with Crippen LogP contribution in [-0.4, -0.2) is 92.3 Å². The van der Waals surface area contributed by atoms with Crippen LogP contribution in [0.15, 0.2) is 97.8 Å². The second kappa shape index (κ2) is 17.1. The first-order chi connectivity index (χ1) is 27.9. The summed E-state index contributed by atoms with van der Waals surface area (Å²) in [5.41, 5.74) is 5.52. The van der Waals surface area contributed by atoms with Crippen LogP contribution in [0.25, 0.3) is 21.8 Å². The molecular weight excluding hydrogens is 739 g/mol. The van der Waals surface area contributed by atoms with Gasteiger partial charge in [0, 0.05) is 90.2 Å². The Labute approximate surface area is 338 Å². The number of fused-ring (bicyclic) bond motifs is 2. The summed E-state index contributed by atoms with van der Waals surface area (Å²) in [6.07, 6.45) is 9.70. The van der Waals surface area contributed by atoms with Gasteiger partial charge in [0.05, 0.1) is 46.9 Å². The highest BCUT2D eigenvalue weighted by Gasteiger charge is 2.31. The Morgan fingerprint density at radius 2 is 1.05 bits per heavy atom. The van der Waals surface area contributed by atoms with Gasteiger partial charge in [-0.05, 0) is 73.9 Å². The van der Waals surface area contributed by atoms with Crippen molar-refractivity contribution in [3.8, 4) is 0 Å². The van der Waals surface area contributed by atoms with Crippen LogP contribution in [0.2, 0.25) is 0 Å². The molecule has 0 spiro atoms. The highest BCUT2D eigenvalue weighted by Crippen LogP contribution is 2.28. The molecule has 0 radical (unpaired) electrons. The van der Waals surface area contributed by atoms with Crippen LogP contribution in [0.1, 0.15) is 50.9 Å². The Morgan fingerprint density at radius 1 is 0.638 bits per heavy atom. The van der Waals surface area contributed by atoms with E-state index < -0.39 is 0 Å². The molecule has 0 aliphatic carbocycles. The van der Waals surface area contributed by atoms with Crippen LogP contribution >= 0.6 is 0 Å². The molecule has 14 heteroatoms. The summed E-state index contributed by atoms with van der Waals surface area (Å²) in [6, 6.07) is 19.3. The van der Waals surface area contributed by atoms with Crippen LogP contribution in [0.4, 0.5) is 29.7 Å². The zero-order valence-corrected chi connectivity index (χ0v) is 33.9. The monoisotopic (exact) mass is 790 g/mol. The molecular formula is C44H52F2N10O2. The van der Waals surface area contributed by atoms with Crippen molar-refractivity contribution in [3.05, 3.63) is 121 Å². The highest BCUT2D eigenvalue weighted by atomic mass is 19.1. The molecule has 6 heterocycles. The van der Waals surface area contributed by atoms with E-state index in [-0.39, 0.29) is 47.9 Å². The second-order valence-corrected chi connectivity index (χ2v) is 15.4. The number of nitrogens with one attached hydrogen (secondary N) is 2. The standard InChI is InChI=1S/2C22H26FN5O/c2*1-15-14-27(20-7-9-24-13-19(20)23)11-12-28(15)22(29)25-16(2)18-6-4-5-17-8-10-26(3)21(17)18/h2*4-10,13,15-16H,11-12,14H2,1-3H3,(H,25,29)/t15-,16+;15-,16-/m11/s1. The minimum Gasteiger partial charge on any atom is -0.365 e. The Kier molecular flexibility index (Phi) is 11.8. The number of carbonyl (C=O) groups excluding carboxylic acids is 2. The number of urea groups is 2. The molecule has 2 aliphatic heterocycles. The molecule has 2 fully saturated rings. The van der Waals surface area contributed by atoms with Crippen molar-refractivity contribution in [1.29, 1.82) is 0 Å². The maximum atomic E-state index is 14.1. The predicted octanol–water partition coefficient (Wildman–Crippen LogP) is 7.39. The average molecular weight is 791 g/mol. The number of rotatable bonds is 6. The molecule has 2 saturated heterocycles. The Balaban J connectivity index is 0.000000177. The van der Waals surface area contributed by atoms with Crippen molar-refractivity contribution in [3.63, 3.8) is 0 Å². The summed E-state index contributed by atoms with van der Waals surface area (Å²) in [5.74, 6) is -0.663. The minimum absolute atomic E-state index is 0.0330. The molecule has 6 aromatic rings. The fourth-order valence-electron chi connectivity index (χ4n) is 8.37. The number of hydrogen-bond acceptors (Lipinski definition) is 6. The van der Waals surface area contributed by atoms with Crippen LogP contribution in [-0.2, 0) is 14.1 Å². The third-order valence-corrected chi connectivity index (χ3v) is 11.4. The van der Waals surface area contributed by atoms with E-state index >= 15 is 0 Å². The average Bonchev–Trinajstić information content (AvgIpc) is 3.79. The van der Waals surface area contributed by atoms with E-state index in [4.69, 9.17) is 0 Å². The van der Waals surface area contributed by atoms with Crippen molar-refractivity contribution in [2.45, 2.75) is 51.9 Å². The van der Waals surface area contributed by atoms with Crippen LogP contribution < -0.4 is 20.4 Å². The van der Waals surface area contributed by atoms with Gasteiger partial charge in [0.1, 0.15) is 0 Å². The Hall–Kier alpha value is -6.18. The molecule has 12 nitrogen and oxygen atoms in total. The third kappa shape index (κ3) is 8.27. The van der Waals surface area contributed by atoms with Crippen molar-refractivity contribution in [2.24, 2.45) is 14.1 Å². The lowest BCUT2D eigenvalue weighted by Crippen LogP contribution is -2.57. The van der Waals surface area contributed by atoms with Gasteiger partial charge in [-0.1, -0.05) is 36.4 Å². The lowest BCUT2D eigenvalue weighted by atomic mass is 10.1. The lowest BCUT2D eigenvalue weighted by molar-refractivity contribution is 0.167. The number of benzene rings is 2. The molecule has 4 amide bonds. The van der Waals surface area contributed by atoms with Gasteiger partial charge in [0.15, 0.2) is 11.6 Å². The first kappa shape index (κ1) is 40.0. The summed E-state index contributed by atoms with van der Waals surface area (Å²) in [6.45, 7) is 11.4. The SMILES string of the molecule is C[C@@H]1CN(c2ccncc2F)CCN1C(=O)N[C@H](C)c1cccc2ccn(C)c12.C[C@H](NC(=O)N1CCN(c2ccncc2F)C[C@H]1C)c1cccc2ccn(C)c12. The molecule has 0 saturated carbocycles. The van der Waals surface area contributed by atoms with Gasteiger partial charge in [-0.15, -0.1) is 0 Å². The maximum absolute atomic E-state index is 14.1. The quantitative estimate of drug-likeness (QED) is 0.182. The van der Waals surface area contributed by atoms with E-state index in [1.165, 1.54) is 12.4 Å². The summed E-state index contributed by atoms with van der Waals surface area (Å²) in [7, 11) is 4.03. The highest BCUT2D eigenvalue weighted by molar-refractivity contribution is 5.86. The molecule has 4 atom stereocenters. The van der Waals surface area contributed by atoms with Gasteiger partial charge in [0.25, 0.3) is 0 Å². The van der Waals surface area contributed by atoms with E-state index in [0.717, 1.165) is 32.9 Å². The van der Waals surface area contributed by atoms with E-state index in [1.807, 2.05) is 85.9 Å². The van der Waals surface area contributed by atoms with Crippen molar-refractivity contribution < 1.29 is 18.4 Å². The van der Waals surface area contributed by atoms with E-state index in [2.05, 4.69) is 66.1 Å². The molecule has 2 N–H and O–H groups in total. The normalized spacial score (nSPS) is 18.1. The zero-order chi connectivity index (χ0) is 41.1. The number of aryl methyl sites for hydroxylation is 2. The summed E-state index contributed by atoms with van der Waals surface area (Å²) >= 11 is 0. The summed E-state index contributed by atoms with van der Waals surface area (Å²) in [4.78, 5) is 41.2. The van der Waals surface area contributed by atoms with Gasteiger partial charge in [-0.2, -0.15) is 0 Å². The molecule has 0 bridgehead atoms. The van der Waals surface area contributed by atoms with Crippen LogP contribution in [0.3, 0.4) is 0 Å². The fraction of sp³-hybridized carbons (Fsp3) is 0.364. The number of carbonyl (C=O) groups is 2. The maximum Gasteiger partial charge on any atom is 0.318 e. The van der Waals surface area contributed by atoms with E-state index in [0.29, 0.717) is 50.6 Å². The van der Waals surface area contributed by atoms with Gasteiger partial charge in [0.2, 0.25) is 0 Å². The smallest absolute Gasteiger partial charge is 0.318 e. The molecule has 8 rings (SSSR count). The molecule has 2 aromatic carbocycles. The number of halogens is 2. The molecule has 304 valence electrons. The number of pyridine rings is 2. The van der Waals surface area contributed by atoms with Gasteiger partial charge < -0.3 is 39.4 Å². The van der Waals surface area contributed by atoms with Crippen LogP contribution in [0, 0.1) is 11.6 Å².